The van der Waals surface area contributed by atoms with Crippen LogP contribution in [0.25, 0.3) is 22.2 Å². The van der Waals surface area contributed by atoms with Crippen LogP contribution in [0.2, 0.25) is 5.02 Å². The molecule has 1 aliphatic carbocycles. The van der Waals surface area contributed by atoms with Crippen molar-refractivity contribution in [2.24, 2.45) is 17.8 Å². The van der Waals surface area contributed by atoms with Crippen molar-refractivity contribution < 1.29 is 23.9 Å². The quantitative estimate of drug-likeness (QED) is 0.110. The van der Waals surface area contributed by atoms with E-state index < -0.39 is 12.1 Å². The molecular weight excluding hydrogens is 552 g/mol. The largest absolute Gasteiger partial charge is 0.451 e. The number of para-hydroxylation sites is 1. The van der Waals surface area contributed by atoms with E-state index in [0.717, 1.165) is 0 Å². The number of aromatic nitrogens is 1. The van der Waals surface area contributed by atoms with Gasteiger partial charge in [-0.15, -0.1) is 0 Å². The Morgan fingerprint density at radius 1 is 0.976 bits per heavy atom. The number of imide groups is 1. The molecular formula is C34H27ClN2O5. The summed E-state index contributed by atoms with van der Waals surface area (Å²) in [5, 5.41) is 1.00. The summed E-state index contributed by atoms with van der Waals surface area (Å²) in [6, 6.07) is 22.3. The summed E-state index contributed by atoms with van der Waals surface area (Å²) in [6.45, 7) is 3.49. The molecule has 42 heavy (non-hydrogen) atoms. The number of carbonyl (C=O) groups excluding carboxylic acids is 4. The Labute approximate surface area is 247 Å². The van der Waals surface area contributed by atoms with E-state index in [1.165, 1.54) is 17.9 Å². The number of fused-ring (bicyclic) bond motifs is 2. The number of nitrogens with zero attached hydrogens (tertiary/aromatic N) is 2. The first kappa shape index (κ1) is 27.5. The number of ketones is 1. The highest BCUT2D eigenvalue weighted by Crippen LogP contribution is 2.40. The molecule has 1 saturated heterocycles. The van der Waals surface area contributed by atoms with Crippen LogP contribution in [0.3, 0.4) is 0 Å². The Morgan fingerprint density at radius 2 is 1.74 bits per heavy atom. The van der Waals surface area contributed by atoms with E-state index in [9.17, 15) is 19.2 Å². The average Bonchev–Trinajstić information content (AvgIpc) is 3.26. The monoisotopic (exact) mass is 578 g/mol. The van der Waals surface area contributed by atoms with Gasteiger partial charge in [0.2, 0.25) is 17.6 Å². The number of esters is 1. The lowest BCUT2D eigenvalue weighted by molar-refractivity contribution is -0.122. The Morgan fingerprint density at radius 3 is 2.48 bits per heavy atom. The van der Waals surface area contributed by atoms with Crippen molar-refractivity contribution in [3.63, 3.8) is 0 Å². The number of amides is 2. The highest BCUT2D eigenvalue weighted by Gasteiger charge is 2.50. The standard InChI is InChI=1S/C34H27ClN2O5/c1-19-7-5-11-26-30(19)33(40)37(32(26)39)24-15-13-21(14-16-24)29-18-27(25-10-3-4-12-28(25)36-29)34(41)42-20(2)31(38)22-8-6-9-23(35)17-22/h3-10,12-20,26,30H,11H2,1-2H3. The molecule has 1 fully saturated rings. The SMILES string of the molecule is CC(OC(=O)c1cc(-c2ccc(N3C(=O)C4CC=CC(C)C4C3=O)cc2)nc2ccccc12)C(=O)c1cccc(Cl)c1. The second-order valence-electron chi connectivity index (χ2n) is 10.7. The summed E-state index contributed by atoms with van der Waals surface area (Å²) in [6.07, 6.45) is 3.51. The van der Waals surface area contributed by atoms with Gasteiger partial charge in [-0.3, -0.25) is 19.3 Å². The fourth-order valence-corrected chi connectivity index (χ4v) is 6.02. The lowest BCUT2D eigenvalue weighted by atomic mass is 9.78. The van der Waals surface area contributed by atoms with Crippen LogP contribution >= 0.6 is 11.6 Å². The van der Waals surface area contributed by atoms with Crippen LogP contribution in [-0.4, -0.2) is 34.7 Å². The zero-order chi connectivity index (χ0) is 29.5. The van der Waals surface area contributed by atoms with Gasteiger partial charge < -0.3 is 4.74 Å². The van der Waals surface area contributed by atoms with Crippen LogP contribution in [-0.2, 0) is 14.3 Å². The Bertz CT molecular complexity index is 1780. The minimum absolute atomic E-state index is 0.00737. The molecule has 0 spiro atoms. The highest BCUT2D eigenvalue weighted by molar-refractivity contribution is 6.31. The van der Waals surface area contributed by atoms with Crippen molar-refractivity contribution in [1.29, 1.82) is 0 Å². The van der Waals surface area contributed by atoms with Crippen molar-refractivity contribution in [3.8, 4) is 11.3 Å². The van der Waals surface area contributed by atoms with Gasteiger partial charge in [-0.25, -0.2) is 9.78 Å². The van der Waals surface area contributed by atoms with Crippen LogP contribution in [0.15, 0.2) is 91.0 Å². The third-order valence-corrected chi connectivity index (χ3v) is 8.23. The van der Waals surface area contributed by atoms with Crippen LogP contribution in [0, 0.1) is 17.8 Å². The van der Waals surface area contributed by atoms with Gasteiger partial charge in [0.15, 0.2) is 6.10 Å². The first-order valence-electron chi connectivity index (χ1n) is 13.8. The van der Waals surface area contributed by atoms with Gasteiger partial charge in [-0.2, -0.15) is 0 Å². The topological polar surface area (TPSA) is 93.6 Å². The predicted octanol–water partition coefficient (Wildman–Crippen LogP) is 6.69. The number of carbonyl (C=O) groups is 4. The van der Waals surface area contributed by atoms with Crippen molar-refractivity contribution in [3.05, 3.63) is 107 Å². The molecule has 2 heterocycles. The molecule has 4 atom stereocenters. The Kier molecular flexibility index (Phi) is 7.21. The number of hydrogen-bond acceptors (Lipinski definition) is 6. The molecule has 0 N–H and O–H groups in total. The maximum absolute atomic E-state index is 13.4. The van der Waals surface area contributed by atoms with Gasteiger partial charge in [0, 0.05) is 21.5 Å². The maximum atomic E-state index is 13.4. The van der Waals surface area contributed by atoms with E-state index in [0.29, 0.717) is 44.9 Å². The van der Waals surface area contributed by atoms with Gasteiger partial charge in [-0.1, -0.05) is 73.1 Å². The third-order valence-electron chi connectivity index (χ3n) is 7.99. The van der Waals surface area contributed by atoms with E-state index in [2.05, 4.69) is 0 Å². The fourth-order valence-electron chi connectivity index (χ4n) is 5.83. The first-order chi connectivity index (χ1) is 20.2. The lowest BCUT2D eigenvalue weighted by Gasteiger charge is -2.22. The molecule has 3 aromatic carbocycles. The minimum Gasteiger partial charge on any atom is -0.451 e. The fraction of sp³-hybridized carbons (Fsp3) is 0.206. The molecule has 8 heteroatoms. The number of pyridine rings is 1. The van der Waals surface area contributed by atoms with E-state index >= 15 is 0 Å². The molecule has 1 aromatic heterocycles. The van der Waals surface area contributed by atoms with Gasteiger partial charge >= 0.3 is 5.97 Å². The summed E-state index contributed by atoms with van der Waals surface area (Å²) < 4.78 is 5.61. The second-order valence-corrected chi connectivity index (χ2v) is 11.1. The van der Waals surface area contributed by atoms with E-state index in [1.54, 1.807) is 66.7 Å². The van der Waals surface area contributed by atoms with Gasteiger partial charge in [0.1, 0.15) is 0 Å². The van der Waals surface area contributed by atoms with Crippen LogP contribution in [0.4, 0.5) is 5.69 Å². The molecule has 0 radical (unpaired) electrons. The first-order valence-corrected chi connectivity index (χ1v) is 14.2. The van der Waals surface area contributed by atoms with Crippen LogP contribution < -0.4 is 4.90 Å². The number of Topliss-reactive ketones (excluding diaryl/α,β-unsaturated/α-hetero) is 1. The van der Waals surface area contributed by atoms with E-state index in [-0.39, 0.29) is 40.9 Å². The molecule has 4 aromatic rings. The molecule has 0 saturated carbocycles. The number of anilines is 1. The number of hydrogen-bond donors (Lipinski definition) is 0. The number of ether oxygens (including phenoxy) is 1. The Hall–Kier alpha value is -4.62. The van der Waals surface area contributed by atoms with Crippen LogP contribution in [0.5, 0.6) is 0 Å². The third kappa shape index (κ3) is 4.90. The maximum Gasteiger partial charge on any atom is 0.339 e. The normalized spacial score (nSPS) is 20.5. The summed E-state index contributed by atoms with van der Waals surface area (Å²) in [7, 11) is 0. The van der Waals surface area contributed by atoms with E-state index in [4.69, 9.17) is 21.3 Å². The zero-order valence-electron chi connectivity index (χ0n) is 23.0. The number of allylic oxidation sites excluding steroid dienone is 2. The summed E-state index contributed by atoms with van der Waals surface area (Å²) in [5.74, 6) is -2.04. The van der Waals surface area contributed by atoms with Crippen molar-refractivity contribution >= 4 is 51.8 Å². The average molecular weight is 579 g/mol. The molecule has 6 rings (SSSR count). The van der Waals surface area contributed by atoms with Crippen molar-refractivity contribution in [1.82, 2.24) is 4.98 Å². The second kappa shape index (κ2) is 11.0. The number of benzene rings is 3. The predicted molar refractivity (Wildman–Crippen MR) is 160 cm³/mol. The Balaban J connectivity index is 1.28. The zero-order valence-corrected chi connectivity index (χ0v) is 23.7. The minimum atomic E-state index is -1.04. The molecule has 2 amide bonds. The molecule has 4 unspecified atom stereocenters. The smallest absolute Gasteiger partial charge is 0.339 e. The molecule has 7 nitrogen and oxygen atoms in total. The van der Waals surface area contributed by atoms with Crippen molar-refractivity contribution in [2.75, 3.05) is 4.90 Å². The van der Waals surface area contributed by atoms with Gasteiger partial charge in [-0.05, 0) is 55.7 Å². The molecule has 2 aliphatic rings. The summed E-state index contributed by atoms with van der Waals surface area (Å²) in [4.78, 5) is 58.7. The number of rotatable bonds is 6. The van der Waals surface area contributed by atoms with Gasteiger partial charge in [0.25, 0.3) is 0 Å². The van der Waals surface area contributed by atoms with Gasteiger partial charge in [0.05, 0.1) is 34.3 Å². The summed E-state index contributed by atoms with van der Waals surface area (Å²) >= 11 is 6.03. The molecule has 210 valence electrons. The van der Waals surface area contributed by atoms with Crippen molar-refractivity contribution in [2.45, 2.75) is 26.4 Å². The number of halogens is 1. The van der Waals surface area contributed by atoms with E-state index in [1.807, 2.05) is 25.1 Å². The molecule has 1 aliphatic heterocycles. The molecule has 0 bridgehead atoms. The summed E-state index contributed by atoms with van der Waals surface area (Å²) in [5.41, 5.74) is 2.89. The highest BCUT2D eigenvalue weighted by atomic mass is 35.5. The lowest BCUT2D eigenvalue weighted by Crippen LogP contribution is -2.31. The van der Waals surface area contributed by atoms with Crippen LogP contribution in [0.1, 0.15) is 41.0 Å².